The third kappa shape index (κ3) is 43.7. The molecule has 0 saturated carbocycles. The van der Waals surface area contributed by atoms with Crippen LogP contribution in [0.3, 0.4) is 0 Å². The average Bonchev–Trinajstić information content (AvgIpc) is 3.22. The van der Waals surface area contributed by atoms with Gasteiger partial charge in [0.05, 0.1) is 0 Å². The SMILES string of the molecule is CC/C=C\C/C=C\C/C=C\CCCCCCCC(=O)OCC(COC(=O)CCCCCCC/C=C\CCCCC)OC(=O)CCCCC/C=C\C/C=C\C/C=C\CC. The molecule has 330 valence electrons. The van der Waals surface area contributed by atoms with E-state index in [9.17, 15) is 14.4 Å². The van der Waals surface area contributed by atoms with Gasteiger partial charge in [0.1, 0.15) is 13.2 Å². The Morgan fingerprint density at radius 2 is 0.672 bits per heavy atom. The molecule has 0 N–H and O–H groups in total. The summed E-state index contributed by atoms with van der Waals surface area (Å²) < 4.78 is 16.7. The fraction of sp³-hybridized carbons (Fsp3) is 0.673. The number of carbonyl (C=O) groups excluding carboxylic acids is 3. The first-order valence-corrected chi connectivity index (χ1v) is 23.6. The van der Waals surface area contributed by atoms with E-state index < -0.39 is 6.10 Å². The van der Waals surface area contributed by atoms with Gasteiger partial charge >= 0.3 is 17.9 Å². The molecule has 1 atom stereocenters. The van der Waals surface area contributed by atoms with Crippen molar-refractivity contribution in [1.82, 2.24) is 0 Å². The lowest BCUT2D eigenvalue weighted by atomic mass is 10.1. The molecule has 0 aliphatic carbocycles. The van der Waals surface area contributed by atoms with Crippen molar-refractivity contribution in [2.45, 2.75) is 213 Å². The van der Waals surface area contributed by atoms with Crippen LogP contribution >= 0.6 is 0 Å². The maximum absolute atomic E-state index is 12.7. The molecular weight excluding hydrogens is 721 g/mol. The van der Waals surface area contributed by atoms with E-state index in [1.165, 1.54) is 32.1 Å². The van der Waals surface area contributed by atoms with Crippen molar-refractivity contribution < 1.29 is 28.6 Å². The van der Waals surface area contributed by atoms with Crippen molar-refractivity contribution in [3.8, 4) is 0 Å². The molecule has 58 heavy (non-hydrogen) atoms. The number of esters is 3. The van der Waals surface area contributed by atoms with Crippen LogP contribution in [0.25, 0.3) is 0 Å². The van der Waals surface area contributed by atoms with Crippen LogP contribution in [0.4, 0.5) is 0 Å². The lowest BCUT2D eigenvalue weighted by Gasteiger charge is -2.18. The lowest BCUT2D eigenvalue weighted by Crippen LogP contribution is -2.30. The van der Waals surface area contributed by atoms with Gasteiger partial charge in [0, 0.05) is 19.3 Å². The van der Waals surface area contributed by atoms with E-state index in [1.54, 1.807) is 0 Å². The third-order valence-electron chi connectivity index (χ3n) is 9.61. The van der Waals surface area contributed by atoms with E-state index in [-0.39, 0.29) is 37.5 Å². The Bertz CT molecular complexity index is 1160. The standard InChI is InChI=1S/C52H86O6/c1-4-7-10-13-16-19-22-25-26-28-30-33-36-39-42-45-51(54)57-48-49(47-56-50(53)44-41-38-35-32-29-24-21-18-15-12-9-6-3)58-52(55)46-43-40-37-34-31-27-23-20-17-14-11-8-5-2/h7-8,10-11,16-21,25-27,31,49H,4-6,9,12-15,22-24,28-30,32-48H2,1-3H3/b10-7-,11-8-,19-16-,20-17-,21-18-,26-25-,31-27-. The Morgan fingerprint density at radius 3 is 1.09 bits per heavy atom. The maximum Gasteiger partial charge on any atom is 0.306 e. The van der Waals surface area contributed by atoms with E-state index in [0.717, 1.165) is 135 Å². The topological polar surface area (TPSA) is 78.9 Å². The molecule has 0 spiro atoms. The fourth-order valence-electron chi connectivity index (χ4n) is 6.11. The second kappa shape index (κ2) is 46.3. The molecule has 0 aromatic carbocycles. The number of carbonyl (C=O) groups is 3. The second-order valence-corrected chi connectivity index (χ2v) is 15.2. The number of ether oxygens (including phenoxy) is 3. The Balaban J connectivity index is 4.48. The molecule has 0 bridgehead atoms. The summed E-state index contributed by atoms with van der Waals surface area (Å²) in [5.74, 6) is -0.962. The zero-order chi connectivity index (χ0) is 42.3. The van der Waals surface area contributed by atoms with Crippen LogP contribution in [0.2, 0.25) is 0 Å². The van der Waals surface area contributed by atoms with Gasteiger partial charge in [-0.05, 0) is 109 Å². The normalized spacial score (nSPS) is 12.8. The Labute approximate surface area is 356 Å². The van der Waals surface area contributed by atoms with Crippen LogP contribution in [0.1, 0.15) is 207 Å². The van der Waals surface area contributed by atoms with Gasteiger partial charge in [-0.15, -0.1) is 0 Å². The molecule has 1 unspecified atom stereocenters. The highest BCUT2D eigenvalue weighted by Gasteiger charge is 2.19. The van der Waals surface area contributed by atoms with Crippen molar-refractivity contribution in [3.63, 3.8) is 0 Å². The molecule has 0 amide bonds. The Hall–Kier alpha value is -3.41. The highest BCUT2D eigenvalue weighted by Crippen LogP contribution is 2.12. The van der Waals surface area contributed by atoms with Crippen LogP contribution in [-0.2, 0) is 28.6 Å². The lowest BCUT2D eigenvalue weighted by molar-refractivity contribution is -0.167. The van der Waals surface area contributed by atoms with Gasteiger partial charge in [0.2, 0.25) is 0 Å². The van der Waals surface area contributed by atoms with Gasteiger partial charge in [-0.2, -0.15) is 0 Å². The van der Waals surface area contributed by atoms with E-state index >= 15 is 0 Å². The number of rotatable bonds is 41. The molecule has 6 heteroatoms. The van der Waals surface area contributed by atoms with Crippen LogP contribution in [0, 0.1) is 0 Å². The van der Waals surface area contributed by atoms with E-state index in [0.29, 0.717) is 12.8 Å². The zero-order valence-corrected chi connectivity index (χ0v) is 37.5. The highest BCUT2D eigenvalue weighted by atomic mass is 16.6. The predicted octanol–water partition coefficient (Wildman–Crippen LogP) is 15.3. The molecule has 0 aliphatic heterocycles. The summed E-state index contributed by atoms with van der Waals surface area (Å²) in [5, 5.41) is 0. The molecule has 0 aromatic heterocycles. The summed E-state index contributed by atoms with van der Waals surface area (Å²) in [6, 6.07) is 0. The Kier molecular flexibility index (Phi) is 43.6. The minimum absolute atomic E-state index is 0.0996. The molecule has 0 saturated heterocycles. The van der Waals surface area contributed by atoms with Gasteiger partial charge in [0.25, 0.3) is 0 Å². The first-order chi connectivity index (χ1) is 28.5. The average molecular weight is 807 g/mol. The number of allylic oxidation sites excluding steroid dienone is 14. The van der Waals surface area contributed by atoms with Crippen LogP contribution in [0.5, 0.6) is 0 Å². The third-order valence-corrected chi connectivity index (χ3v) is 9.61. The minimum Gasteiger partial charge on any atom is -0.462 e. The molecule has 0 heterocycles. The first-order valence-electron chi connectivity index (χ1n) is 23.6. The Morgan fingerprint density at radius 1 is 0.362 bits per heavy atom. The van der Waals surface area contributed by atoms with E-state index in [4.69, 9.17) is 14.2 Å². The van der Waals surface area contributed by atoms with Crippen LogP contribution in [-0.4, -0.2) is 37.2 Å². The summed E-state index contributed by atoms with van der Waals surface area (Å²) in [7, 11) is 0. The summed E-state index contributed by atoms with van der Waals surface area (Å²) in [4.78, 5) is 37.8. The number of unbranched alkanes of at least 4 members (excludes halogenated alkanes) is 16. The van der Waals surface area contributed by atoms with Crippen molar-refractivity contribution in [2.24, 2.45) is 0 Å². The van der Waals surface area contributed by atoms with Gasteiger partial charge in [0.15, 0.2) is 6.10 Å². The van der Waals surface area contributed by atoms with Gasteiger partial charge in [-0.1, -0.05) is 164 Å². The summed E-state index contributed by atoms with van der Waals surface area (Å²) in [5.41, 5.74) is 0. The van der Waals surface area contributed by atoms with Crippen molar-refractivity contribution >= 4 is 17.9 Å². The van der Waals surface area contributed by atoms with Crippen molar-refractivity contribution in [2.75, 3.05) is 13.2 Å². The molecule has 0 rings (SSSR count). The summed E-state index contributed by atoms with van der Waals surface area (Å²) in [6.45, 7) is 6.32. The number of hydrogen-bond donors (Lipinski definition) is 0. The quantitative estimate of drug-likeness (QED) is 0.0265. The first kappa shape index (κ1) is 54.6. The smallest absolute Gasteiger partial charge is 0.306 e. The number of hydrogen-bond acceptors (Lipinski definition) is 6. The summed E-state index contributed by atoms with van der Waals surface area (Å²) >= 11 is 0. The molecule has 0 radical (unpaired) electrons. The summed E-state index contributed by atoms with van der Waals surface area (Å²) in [6.07, 6.45) is 58.5. The van der Waals surface area contributed by atoms with Crippen molar-refractivity contribution in [3.05, 3.63) is 85.1 Å². The monoisotopic (exact) mass is 807 g/mol. The van der Waals surface area contributed by atoms with Gasteiger partial charge < -0.3 is 14.2 Å². The zero-order valence-electron chi connectivity index (χ0n) is 37.5. The van der Waals surface area contributed by atoms with Gasteiger partial charge in [-0.25, -0.2) is 0 Å². The van der Waals surface area contributed by atoms with Crippen LogP contribution < -0.4 is 0 Å². The highest BCUT2D eigenvalue weighted by molar-refractivity contribution is 5.71. The van der Waals surface area contributed by atoms with Crippen LogP contribution in [0.15, 0.2) is 85.1 Å². The molecule has 0 aromatic rings. The maximum atomic E-state index is 12.7. The predicted molar refractivity (Wildman–Crippen MR) is 247 cm³/mol. The van der Waals surface area contributed by atoms with Gasteiger partial charge in [-0.3, -0.25) is 14.4 Å². The molecule has 6 nitrogen and oxygen atoms in total. The second-order valence-electron chi connectivity index (χ2n) is 15.2. The van der Waals surface area contributed by atoms with Crippen molar-refractivity contribution in [1.29, 1.82) is 0 Å². The largest absolute Gasteiger partial charge is 0.462 e. The fourth-order valence-corrected chi connectivity index (χ4v) is 6.11. The molecule has 0 fully saturated rings. The van der Waals surface area contributed by atoms with E-state index in [1.807, 2.05) is 0 Å². The van der Waals surface area contributed by atoms with E-state index in [2.05, 4.69) is 106 Å². The molecule has 0 aliphatic rings. The minimum atomic E-state index is -0.801. The molecular formula is C52H86O6.